The first-order chi connectivity index (χ1) is 10.1. The Morgan fingerprint density at radius 2 is 1.62 bits per heavy atom. The summed E-state index contributed by atoms with van der Waals surface area (Å²) in [5, 5.41) is 3.28. The maximum absolute atomic E-state index is 13.2. The van der Waals surface area contributed by atoms with Gasteiger partial charge >= 0.3 is 0 Å². The predicted octanol–water partition coefficient (Wildman–Crippen LogP) is 4.06. The van der Waals surface area contributed by atoms with Gasteiger partial charge in [-0.2, -0.15) is 0 Å². The topological polar surface area (TPSA) is 12.0 Å². The first-order valence-corrected chi connectivity index (χ1v) is 7.54. The van der Waals surface area contributed by atoms with Gasteiger partial charge < -0.3 is 5.32 Å². The lowest BCUT2D eigenvalue weighted by Gasteiger charge is -2.19. The summed E-state index contributed by atoms with van der Waals surface area (Å²) in [4.78, 5) is 0. The van der Waals surface area contributed by atoms with E-state index >= 15 is 0 Å². The Hall–Kier alpha value is -1.67. The molecule has 1 unspecified atom stereocenters. The van der Waals surface area contributed by atoms with Crippen LogP contribution in [-0.2, 0) is 12.8 Å². The van der Waals surface area contributed by atoms with Gasteiger partial charge in [0.25, 0.3) is 0 Å². The highest BCUT2D eigenvalue weighted by Crippen LogP contribution is 2.19. The minimum absolute atomic E-state index is 0.152. The fraction of sp³-hybridized carbons (Fsp3) is 0.368. The third kappa shape index (κ3) is 4.40. The Kier molecular flexibility index (Phi) is 5.51. The summed E-state index contributed by atoms with van der Waals surface area (Å²) in [6, 6.07) is 13.7. The summed E-state index contributed by atoms with van der Waals surface area (Å²) >= 11 is 0. The zero-order chi connectivity index (χ0) is 15.2. The molecule has 2 aromatic rings. The standard InChI is InChI=1S/C19H24FN/c1-14-6-4-5-7-17(14)11-16(13-21-3)12-18-8-9-19(20)10-15(18)2/h4-10,16,21H,11-13H2,1-3H3. The summed E-state index contributed by atoms with van der Waals surface area (Å²) in [7, 11) is 1.99. The second-order valence-electron chi connectivity index (χ2n) is 5.83. The fourth-order valence-corrected chi connectivity index (χ4v) is 2.85. The van der Waals surface area contributed by atoms with E-state index in [1.807, 2.05) is 20.0 Å². The van der Waals surface area contributed by atoms with Crippen molar-refractivity contribution in [1.29, 1.82) is 0 Å². The molecular weight excluding hydrogens is 261 g/mol. The molecular formula is C19H24FN. The number of nitrogens with one attached hydrogen (secondary N) is 1. The van der Waals surface area contributed by atoms with Crippen molar-refractivity contribution in [2.75, 3.05) is 13.6 Å². The van der Waals surface area contributed by atoms with Gasteiger partial charge in [-0.25, -0.2) is 4.39 Å². The van der Waals surface area contributed by atoms with Gasteiger partial charge in [0.1, 0.15) is 5.82 Å². The molecule has 0 aliphatic heterocycles. The molecule has 0 saturated carbocycles. The largest absolute Gasteiger partial charge is 0.319 e. The molecule has 2 heteroatoms. The monoisotopic (exact) mass is 285 g/mol. The van der Waals surface area contributed by atoms with Crippen LogP contribution < -0.4 is 5.32 Å². The van der Waals surface area contributed by atoms with E-state index in [0.29, 0.717) is 5.92 Å². The zero-order valence-electron chi connectivity index (χ0n) is 13.1. The maximum Gasteiger partial charge on any atom is 0.123 e. The zero-order valence-corrected chi connectivity index (χ0v) is 13.1. The van der Waals surface area contributed by atoms with Crippen molar-refractivity contribution in [1.82, 2.24) is 5.32 Å². The molecule has 0 bridgehead atoms. The van der Waals surface area contributed by atoms with E-state index in [9.17, 15) is 4.39 Å². The second kappa shape index (κ2) is 7.37. The van der Waals surface area contributed by atoms with Crippen LogP contribution in [0.2, 0.25) is 0 Å². The van der Waals surface area contributed by atoms with Gasteiger partial charge in [-0.3, -0.25) is 0 Å². The first kappa shape index (κ1) is 15.7. The predicted molar refractivity (Wildman–Crippen MR) is 87.1 cm³/mol. The van der Waals surface area contributed by atoms with Gasteiger partial charge in [0, 0.05) is 0 Å². The summed E-state index contributed by atoms with van der Waals surface area (Å²) in [5.74, 6) is 0.362. The SMILES string of the molecule is CNCC(Cc1ccccc1C)Cc1ccc(F)cc1C. The number of aryl methyl sites for hydroxylation is 2. The highest BCUT2D eigenvalue weighted by atomic mass is 19.1. The van der Waals surface area contributed by atoms with Gasteiger partial charge in [-0.15, -0.1) is 0 Å². The molecule has 1 nitrogen and oxygen atoms in total. The summed E-state index contributed by atoms with van der Waals surface area (Å²) < 4.78 is 13.2. The number of halogens is 1. The fourth-order valence-electron chi connectivity index (χ4n) is 2.85. The molecule has 1 atom stereocenters. The molecule has 21 heavy (non-hydrogen) atoms. The number of hydrogen-bond acceptors (Lipinski definition) is 1. The van der Waals surface area contributed by atoms with Crippen LogP contribution in [0.15, 0.2) is 42.5 Å². The van der Waals surface area contributed by atoms with Crippen LogP contribution in [-0.4, -0.2) is 13.6 Å². The third-order valence-corrected chi connectivity index (χ3v) is 4.08. The first-order valence-electron chi connectivity index (χ1n) is 7.54. The van der Waals surface area contributed by atoms with Crippen LogP contribution in [0, 0.1) is 25.6 Å². The molecule has 2 rings (SSSR count). The Morgan fingerprint density at radius 1 is 0.952 bits per heavy atom. The lowest BCUT2D eigenvalue weighted by molar-refractivity contribution is 0.491. The molecule has 0 fully saturated rings. The molecule has 2 aromatic carbocycles. The van der Waals surface area contributed by atoms with E-state index in [0.717, 1.165) is 24.9 Å². The molecule has 1 N–H and O–H groups in total. The maximum atomic E-state index is 13.2. The molecule has 0 aliphatic carbocycles. The average Bonchev–Trinajstić information content (AvgIpc) is 2.44. The molecule has 0 radical (unpaired) electrons. The highest BCUT2D eigenvalue weighted by molar-refractivity contribution is 5.29. The van der Waals surface area contributed by atoms with Crippen LogP contribution in [0.25, 0.3) is 0 Å². The van der Waals surface area contributed by atoms with Crippen molar-refractivity contribution in [2.45, 2.75) is 26.7 Å². The van der Waals surface area contributed by atoms with E-state index in [1.54, 1.807) is 12.1 Å². The highest BCUT2D eigenvalue weighted by Gasteiger charge is 2.13. The van der Waals surface area contributed by atoms with E-state index in [-0.39, 0.29) is 5.82 Å². The van der Waals surface area contributed by atoms with Crippen LogP contribution in [0.3, 0.4) is 0 Å². The van der Waals surface area contributed by atoms with Gasteiger partial charge in [0.15, 0.2) is 0 Å². The van der Waals surface area contributed by atoms with Crippen molar-refractivity contribution in [3.05, 3.63) is 70.5 Å². The van der Waals surface area contributed by atoms with Crippen LogP contribution in [0.5, 0.6) is 0 Å². The molecule has 0 aromatic heterocycles. The third-order valence-electron chi connectivity index (χ3n) is 4.08. The van der Waals surface area contributed by atoms with E-state index < -0.39 is 0 Å². The molecule has 0 heterocycles. The van der Waals surface area contributed by atoms with E-state index in [2.05, 4.69) is 36.5 Å². The molecule has 0 amide bonds. The summed E-state index contributed by atoms with van der Waals surface area (Å²) in [6.45, 7) is 5.11. The lowest BCUT2D eigenvalue weighted by Crippen LogP contribution is -2.23. The lowest BCUT2D eigenvalue weighted by atomic mass is 9.89. The number of rotatable bonds is 6. The van der Waals surface area contributed by atoms with Crippen LogP contribution >= 0.6 is 0 Å². The quantitative estimate of drug-likeness (QED) is 0.844. The Bertz CT molecular complexity index is 592. The normalized spacial score (nSPS) is 12.4. The average molecular weight is 285 g/mol. The van der Waals surface area contributed by atoms with E-state index in [1.165, 1.54) is 16.7 Å². The smallest absolute Gasteiger partial charge is 0.123 e. The van der Waals surface area contributed by atoms with E-state index in [4.69, 9.17) is 0 Å². The Morgan fingerprint density at radius 3 is 2.24 bits per heavy atom. The van der Waals surface area contributed by atoms with Crippen molar-refractivity contribution in [3.63, 3.8) is 0 Å². The molecule has 0 aliphatic rings. The summed E-state index contributed by atoms with van der Waals surface area (Å²) in [6.07, 6.45) is 2.02. The summed E-state index contributed by atoms with van der Waals surface area (Å²) in [5.41, 5.74) is 5.03. The van der Waals surface area contributed by atoms with Gasteiger partial charge in [0.05, 0.1) is 0 Å². The Labute approximate surface area is 127 Å². The Balaban J connectivity index is 2.14. The minimum Gasteiger partial charge on any atom is -0.319 e. The number of hydrogen-bond donors (Lipinski definition) is 1. The molecule has 112 valence electrons. The second-order valence-corrected chi connectivity index (χ2v) is 5.83. The van der Waals surface area contributed by atoms with Gasteiger partial charge in [-0.1, -0.05) is 30.3 Å². The van der Waals surface area contributed by atoms with Gasteiger partial charge in [0.2, 0.25) is 0 Å². The van der Waals surface area contributed by atoms with Crippen LogP contribution in [0.1, 0.15) is 22.3 Å². The molecule has 0 spiro atoms. The molecule has 0 saturated heterocycles. The van der Waals surface area contributed by atoms with Crippen molar-refractivity contribution < 1.29 is 4.39 Å². The van der Waals surface area contributed by atoms with Gasteiger partial charge in [-0.05, 0) is 80.6 Å². The minimum atomic E-state index is -0.152. The van der Waals surface area contributed by atoms with Crippen molar-refractivity contribution in [3.8, 4) is 0 Å². The van der Waals surface area contributed by atoms with Crippen molar-refractivity contribution >= 4 is 0 Å². The number of benzene rings is 2. The van der Waals surface area contributed by atoms with Crippen LogP contribution in [0.4, 0.5) is 4.39 Å². The van der Waals surface area contributed by atoms with Crippen molar-refractivity contribution in [2.24, 2.45) is 5.92 Å².